The van der Waals surface area contributed by atoms with Crippen LogP contribution in [0.1, 0.15) is 69.4 Å². The second-order valence-corrected chi connectivity index (χ2v) is 12.0. The van der Waals surface area contributed by atoms with Crippen LogP contribution in [0.3, 0.4) is 0 Å². The van der Waals surface area contributed by atoms with E-state index >= 15 is 0 Å². The summed E-state index contributed by atoms with van der Waals surface area (Å²) in [5, 5.41) is 21.1. The van der Waals surface area contributed by atoms with Gasteiger partial charge >= 0.3 is 5.97 Å². The summed E-state index contributed by atoms with van der Waals surface area (Å²) < 4.78 is 44.4. The number of anilines is 1. The number of amides is 1. The van der Waals surface area contributed by atoms with Gasteiger partial charge in [0.25, 0.3) is 5.91 Å². The monoisotopic (exact) mass is 694 g/mol. The van der Waals surface area contributed by atoms with E-state index in [0.717, 1.165) is 56.3 Å². The van der Waals surface area contributed by atoms with Crippen molar-refractivity contribution >= 4 is 40.9 Å². The lowest BCUT2D eigenvalue weighted by Crippen LogP contribution is -2.37. The number of pyridine rings is 1. The molecule has 0 saturated heterocycles. The van der Waals surface area contributed by atoms with Crippen LogP contribution in [-0.4, -0.2) is 70.0 Å². The molecular formula is C30H40F2N8O5S2. The van der Waals surface area contributed by atoms with Crippen LogP contribution in [0, 0.1) is 17.7 Å². The van der Waals surface area contributed by atoms with Gasteiger partial charge in [0.05, 0.1) is 17.9 Å². The second-order valence-electron chi connectivity index (χ2n) is 10.7. The average molecular weight is 695 g/mol. The van der Waals surface area contributed by atoms with Crippen molar-refractivity contribution in [2.75, 3.05) is 18.2 Å². The highest BCUT2D eigenvalue weighted by molar-refractivity contribution is 7.93. The number of aromatic nitrogens is 6. The Kier molecular flexibility index (Phi) is 14.9. The van der Waals surface area contributed by atoms with Crippen LogP contribution < -0.4 is 11.1 Å². The molecule has 1 unspecified atom stereocenters. The molecule has 4 aromatic heterocycles. The highest BCUT2D eigenvalue weighted by atomic mass is 32.2. The number of esters is 1. The van der Waals surface area contributed by atoms with Crippen molar-refractivity contribution in [3.05, 3.63) is 53.6 Å². The molecular weight excluding hydrogens is 655 g/mol. The summed E-state index contributed by atoms with van der Waals surface area (Å²) >= 11 is 1.98. The molecule has 4 heterocycles. The van der Waals surface area contributed by atoms with Crippen molar-refractivity contribution in [2.45, 2.75) is 71.7 Å². The zero-order valence-corrected chi connectivity index (χ0v) is 28.2. The van der Waals surface area contributed by atoms with Crippen LogP contribution in [0.25, 0.3) is 22.0 Å². The van der Waals surface area contributed by atoms with Crippen LogP contribution in [0.2, 0.25) is 0 Å². The van der Waals surface area contributed by atoms with Crippen molar-refractivity contribution in [1.29, 1.82) is 0 Å². The van der Waals surface area contributed by atoms with Crippen molar-refractivity contribution in [3.63, 3.8) is 0 Å². The van der Waals surface area contributed by atoms with E-state index in [1.807, 2.05) is 13.8 Å². The van der Waals surface area contributed by atoms with Crippen LogP contribution in [0.5, 0.6) is 0 Å². The molecule has 1 aliphatic carbocycles. The number of aliphatic hydroxyl groups excluding tert-OH is 1. The Bertz CT molecular complexity index is 1590. The highest BCUT2D eigenvalue weighted by Crippen LogP contribution is 2.34. The summed E-state index contributed by atoms with van der Waals surface area (Å²) in [4.78, 5) is 33.3. The zero-order valence-electron chi connectivity index (χ0n) is 26.6. The zero-order chi connectivity index (χ0) is 34.5. The fraction of sp³-hybridized carbons (Fsp3) is 0.467. The first-order chi connectivity index (χ1) is 22.5. The minimum Gasteiger partial charge on any atom is -0.441 e. The highest BCUT2D eigenvalue weighted by Gasteiger charge is 2.25. The summed E-state index contributed by atoms with van der Waals surface area (Å²) in [7, 11) is 0. The molecule has 0 aliphatic heterocycles. The number of carbonyl (C=O) groups excluding carboxylic acids is 2. The number of hydrogen-bond acceptors (Lipinski definition) is 12. The van der Waals surface area contributed by atoms with Gasteiger partial charge in [0, 0.05) is 36.2 Å². The predicted octanol–water partition coefficient (Wildman–Crippen LogP) is 5.61. The van der Waals surface area contributed by atoms with E-state index in [1.54, 1.807) is 41.8 Å². The number of thiazole rings is 1. The number of nitrogens with one attached hydrogen (secondary N) is 1. The summed E-state index contributed by atoms with van der Waals surface area (Å²) in [5.74, 6) is -2.73. The Labute approximate surface area is 279 Å². The Morgan fingerprint density at radius 1 is 1.17 bits per heavy atom. The van der Waals surface area contributed by atoms with Gasteiger partial charge in [-0.15, -0.1) is 11.3 Å². The normalized spacial score (nSPS) is 13.7. The van der Waals surface area contributed by atoms with Gasteiger partial charge in [0.15, 0.2) is 12.5 Å². The molecule has 1 amide bonds. The fourth-order valence-electron chi connectivity index (χ4n) is 4.51. The van der Waals surface area contributed by atoms with E-state index in [-0.39, 0.29) is 48.1 Å². The maximum atomic E-state index is 14.7. The Morgan fingerprint density at radius 2 is 1.85 bits per heavy atom. The third-order valence-electron chi connectivity index (χ3n) is 6.91. The molecule has 4 aromatic rings. The maximum absolute atomic E-state index is 14.7. The smallest absolute Gasteiger partial charge is 0.324 e. The molecule has 1 saturated carbocycles. The van der Waals surface area contributed by atoms with Gasteiger partial charge in [-0.2, -0.15) is 14.6 Å². The topological polar surface area (TPSA) is 183 Å². The molecule has 1 aliphatic rings. The molecule has 47 heavy (non-hydrogen) atoms. The Hall–Kier alpha value is -3.77. The lowest BCUT2D eigenvalue weighted by molar-refractivity contribution is -0.150. The third kappa shape index (κ3) is 10.6. The molecule has 5 N–H and O–H groups in total. The van der Waals surface area contributed by atoms with Gasteiger partial charge in [0.1, 0.15) is 28.1 Å². The number of ether oxygens (including phenoxy) is 1. The van der Waals surface area contributed by atoms with Crippen LogP contribution in [0.15, 0.2) is 36.1 Å². The van der Waals surface area contributed by atoms with Gasteiger partial charge < -0.3 is 25.4 Å². The van der Waals surface area contributed by atoms with Crippen LogP contribution in [-0.2, 0) is 16.3 Å². The van der Waals surface area contributed by atoms with Gasteiger partial charge in [-0.05, 0) is 49.9 Å². The number of rotatable bonds is 9. The Balaban J connectivity index is 0.000000930. The van der Waals surface area contributed by atoms with E-state index in [9.17, 15) is 18.4 Å². The number of carbonyl (C=O) groups is 2. The van der Waals surface area contributed by atoms with Gasteiger partial charge in [-0.25, -0.2) is 19.0 Å². The summed E-state index contributed by atoms with van der Waals surface area (Å²) in [5.41, 5.74) is 6.52. The van der Waals surface area contributed by atoms with Gasteiger partial charge in [-0.1, -0.05) is 33.1 Å². The summed E-state index contributed by atoms with van der Waals surface area (Å²) in [6, 6.07) is 1.27. The van der Waals surface area contributed by atoms with Crippen molar-refractivity contribution in [1.82, 2.24) is 29.5 Å². The lowest BCUT2D eigenvalue weighted by atomic mass is 9.96. The van der Waals surface area contributed by atoms with Gasteiger partial charge in [0.2, 0.25) is 5.95 Å². The minimum absolute atomic E-state index is 0.0457. The molecule has 0 spiro atoms. The average Bonchev–Trinajstić information content (AvgIpc) is 3.82. The molecule has 1 fully saturated rings. The van der Waals surface area contributed by atoms with Crippen molar-refractivity contribution in [2.24, 2.45) is 11.7 Å². The maximum Gasteiger partial charge on any atom is 0.324 e. The van der Waals surface area contributed by atoms with Crippen molar-refractivity contribution < 1.29 is 32.8 Å². The molecule has 13 nitrogen and oxygen atoms in total. The van der Waals surface area contributed by atoms with Gasteiger partial charge in [-0.3, -0.25) is 14.3 Å². The second kappa shape index (κ2) is 18.5. The lowest BCUT2D eigenvalue weighted by Gasteiger charge is -2.21. The summed E-state index contributed by atoms with van der Waals surface area (Å²) in [6.07, 6.45) is 11.4. The first kappa shape index (κ1) is 37.7. The van der Waals surface area contributed by atoms with E-state index in [1.165, 1.54) is 16.0 Å². The number of hydrogen-bond donors (Lipinski definition) is 4. The first-order valence-corrected chi connectivity index (χ1v) is 17.0. The SMILES string of the molecule is CC(C)C(N)C(=O)OCn1cc(-c2nc(C(=O)Nc3cn(C4CCCCC4)nc3-c3nc(F)ccc3F)cs2)cn1.CCO.CSO. The molecule has 256 valence electrons. The number of aliphatic hydroxyl groups is 1. The van der Waals surface area contributed by atoms with E-state index in [4.69, 9.17) is 20.1 Å². The Morgan fingerprint density at radius 3 is 2.51 bits per heavy atom. The number of nitrogens with zero attached hydrogens (tertiary/aromatic N) is 6. The molecule has 0 aromatic carbocycles. The third-order valence-corrected chi connectivity index (χ3v) is 7.80. The molecule has 5 rings (SSSR count). The molecule has 17 heteroatoms. The molecule has 0 bridgehead atoms. The first-order valence-electron chi connectivity index (χ1n) is 14.9. The van der Waals surface area contributed by atoms with Crippen molar-refractivity contribution in [3.8, 4) is 22.0 Å². The predicted molar refractivity (Wildman–Crippen MR) is 177 cm³/mol. The minimum atomic E-state index is -0.854. The molecule has 0 radical (unpaired) electrons. The van der Waals surface area contributed by atoms with E-state index in [0.29, 0.717) is 10.6 Å². The van der Waals surface area contributed by atoms with E-state index < -0.39 is 29.7 Å². The largest absolute Gasteiger partial charge is 0.441 e. The fourth-order valence-corrected chi connectivity index (χ4v) is 5.29. The standard InChI is InChI=1S/C27H30F2N8O3S.C2H6O.CH4OS/c1-15(2)22(30)27(39)40-14-36-11-16(10-31-36)26-33-20(13-41-26)25(38)32-19-12-37(17-6-4-3-5-7-17)35-24(19)23-18(28)8-9-21(29)34-23;1-2-3;1-3-2/h8-13,15,17,22H,3-7,14,30H2,1-2H3,(H,32,38);3H,2H2,1H3;2H,1H3. The molecule has 1 atom stereocenters. The number of nitrogens with two attached hydrogens (primary N) is 1. The van der Waals surface area contributed by atoms with Crippen LogP contribution in [0.4, 0.5) is 14.5 Å². The summed E-state index contributed by atoms with van der Waals surface area (Å²) in [6.45, 7) is 5.47. The van der Waals surface area contributed by atoms with E-state index in [2.05, 4.69) is 25.5 Å². The quantitative estimate of drug-likeness (QED) is 0.0971. The number of halogens is 2. The van der Waals surface area contributed by atoms with Crippen LogP contribution >= 0.6 is 23.4 Å².